The first-order valence-electron chi connectivity index (χ1n) is 23.1. The van der Waals surface area contributed by atoms with Crippen molar-refractivity contribution in [2.75, 3.05) is 49.5 Å². The Hall–Kier alpha value is -6.56. The number of hydrogen-bond acceptors (Lipinski definition) is 17. The molecule has 434 valence electrons. The maximum absolute atomic E-state index is 12.1. The first-order valence-corrected chi connectivity index (χ1v) is 24.0. The molecule has 0 aliphatic carbocycles. The second-order valence-corrected chi connectivity index (χ2v) is 18.7. The third kappa shape index (κ3) is 17.5. The van der Waals surface area contributed by atoms with Gasteiger partial charge in [0.15, 0.2) is 22.8 Å². The number of rotatable bonds is 4. The number of carbonyl (C=O) groups excluding carboxylic acids is 4. The molecule has 4 aliphatic heterocycles. The molecular weight excluding hydrogens is 1060 g/mol. The number of aromatic hydroxyl groups is 1. The molecule has 4 aromatic rings. The van der Waals surface area contributed by atoms with Crippen LogP contribution in [0.3, 0.4) is 0 Å². The summed E-state index contributed by atoms with van der Waals surface area (Å²) in [6.45, 7) is 11.5. The lowest BCUT2D eigenvalue weighted by Gasteiger charge is -2.23. The Morgan fingerprint density at radius 2 is 1.03 bits per heavy atom. The number of alkyl halides is 1. The predicted molar refractivity (Wildman–Crippen MR) is 311 cm³/mol. The average molecular weight is 1150 g/mol. The van der Waals surface area contributed by atoms with Gasteiger partial charge < -0.3 is 29.5 Å². The van der Waals surface area contributed by atoms with E-state index >= 15 is 0 Å². The molecule has 2 N–H and O–H groups in total. The molecule has 3 unspecified atom stereocenters. The summed E-state index contributed by atoms with van der Waals surface area (Å²) in [6.07, 6.45) is 9.58. The quantitative estimate of drug-likeness (QED) is 0.117. The van der Waals surface area contributed by atoms with Crippen molar-refractivity contribution in [3.05, 3.63) is 110 Å². The van der Waals surface area contributed by atoms with Gasteiger partial charge in [0.2, 0.25) is 5.75 Å². The Labute approximate surface area is 464 Å². The molecule has 77 heavy (non-hydrogen) atoms. The first kappa shape index (κ1) is 74.7. The van der Waals surface area contributed by atoms with Crippen LogP contribution in [0.2, 0.25) is 0 Å². The number of halogens is 1. The summed E-state index contributed by atoms with van der Waals surface area (Å²) in [6, 6.07) is 0. The fourth-order valence-corrected chi connectivity index (χ4v) is 8.58. The zero-order chi connectivity index (χ0) is 53.0. The van der Waals surface area contributed by atoms with E-state index in [0.717, 1.165) is 38.5 Å². The number of esters is 3. The highest BCUT2D eigenvalue weighted by atomic mass is 79.9. The zero-order valence-electron chi connectivity index (χ0n) is 42.5. The molecule has 22 nitrogen and oxygen atoms in total. The number of ether oxygens (including phenoxy) is 3. The Kier molecular flexibility index (Phi) is 32.6. The minimum absolute atomic E-state index is 0. The van der Waals surface area contributed by atoms with Crippen molar-refractivity contribution in [1.82, 2.24) is 48.4 Å². The third-order valence-electron chi connectivity index (χ3n) is 11.9. The molecule has 24 heteroatoms. The van der Waals surface area contributed by atoms with Crippen LogP contribution in [0.5, 0.6) is 5.75 Å². The van der Waals surface area contributed by atoms with Crippen LogP contribution in [-0.4, -0.2) is 130 Å². The van der Waals surface area contributed by atoms with Crippen molar-refractivity contribution >= 4 is 54.2 Å². The van der Waals surface area contributed by atoms with Gasteiger partial charge in [0, 0.05) is 69.8 Å². The average Bonchev–Trinajstić information content (AvgIpc) is 3.35. The highest BCUT2D eigenvalue weighted by Crippen LogP contribution is 2.30. The molecule has 8 heterocycles. The van der Waals surface area contributed by atoms with Crippen LogP contribution in [0, 0.1) is 32.6 Å². The summed E-state index contributed by atoms with van der Waals surface area (Å²) in [5, 5.41) is 12.5. The minimum Gasteiger partial charge on any atom is -0.501 e. The van der Waals surface area contributed by atoms with Gasteiger partial charge >= 0.3 is 17.9 Å². The van der Waals surface area contributed by atoms with E-state index in [0.29, 0.717) is 84.4 Å². The van der Waals surface area contributed by atoms with Crippen molar-refractivity contribution < 1.29 is 38.5 Å². The summed E-state index contributed by atoms with van der Waals surface area (Å²) in [4.78, 5) is 113. The summed E-state index contributed by atoms with van der Waals surface area (Å²) >= 11 is 3.48. The number of nitrogens with one attached hydrogen (secondary N) is 1. The number of hydrogen-bond donors (Lipinski definition) is 2. The molecule has 0 fully saturated rings. The summed E-state index contributed by atoms with van der Waals surface area (Å²) < 4.78 is 20.2. The van der Waals surface area contributed by atoms with Crippen LogP contribution in [-0.2, 0) is 53.2 Å². The second kappa shape index (κ2) is 33.6. The summed E-state index contributed by atoms with van der Waals surface area (Å²) in [7, 11) is 10.7. The Bertz CT molecular complexity index is 2930. The van der Waals surface area contributed by atoms with Crippen molar-refractivity contribution in [1.29, 1.82) is 0 Å². The van der Waals surface area contributed by atoms with Crippen LogP contribution in [0.25, 0.3) is 6.08 Å². The topological polar surface area (TPSA) is 271 Å². The van der Waals surface area contributed by atoms with Crippen LogP contribution in [0.4, 0.5) is 0 Å². The number of methoxy groups -OCH3 is 3. The molecule has 0 aromatic carbocycles. The molecule has 4 aliphatic rings. The molecule has 0 saturated carbocycles. The molecule has 0 spiro atoms. The van der Waals surface area contributed by atoms with Crippen molar-refractivity contribution in [3.8, 4) is 5.75 Å². The van der Waals surface area contributed by atoms with E-state index in [-0.39, 0.29) is 89.8 Å². The summed E-state index contributed by atoms with van der Waals surface area (Å²) in [5.41, 5.74) is 0.320. The molecule has 4 aromatic heterocycles. The van der Waals surface area contributed by atoms with Gasteiger partial charge in [-0.05, 0) is 84.9 Å². The van der Waals surface area contributed by atoms with Crippen LogP contribution in [0.1, 0.15) is 170 Å². The van der Waals surface area contributed by atoms with Crippen LogP contribution < -0.4 is 27.6 Å². The smallest absolute Gasteiger partial charge is 0.357 e. The van der Waals surface area contributed by atoms with Gasteiger partial charge in [-0.3, -0.25) is 42.2 Å². The summed E-state index contributed by atoms with van der Waals surface area (Å²) in [5.74, 6) is 0.666. The van der Waals surface area contributed by atoms with Gasteiger partial charge in [0.25, 0.3) is 28.1 Å². The van der Waals surface area contributed by atoms with Crippen molar-refractivity contribution in [3.63, 3.8) is 0 Å². The van der Waals surface area contributed by atoms with E-state index in [9.17, 15) is 43.5 Å². The Morgan fingerprint density at radius 1 is 0.623 bits per heavy atom. The Balaban J connectivity index is -0.000000909. The number of fused-ring (bicyclic) bond motifs is 4. The molecule has 0 bridgehead atoms. The van der Waals surface area contributed by atoms with Crippen molar-refractivity contribution in [2.45, 2.75) is 148 Å². The number of nitrogens with zero attached hydrogens (tertiary/aromatic N) is 9. The number of carbonyl (C=O) groups is 4. The standard InChI is InChI=1S/C12H17N3O3.C12H16N2O3.C11H13BrN2O3.C11H12N2O3.C2H7N.5CH4.BH4/c1-7-4-5-15-8(6-7)13-9(10(16)12(15)18)11(17)14(2)3;1-7-4-5-14-9(6-7)13-10(12(16)17-3)8(2)11(14)15;1-6-8(11(16)17-2)13-9-7(12)4-3-5-14(9)10(6)15;1-7-9(11(15)16-2)12-8-5-3-4-6-13(8)10(7)14;1-3-2;;;;;;/h7,16H,4-6H2,1-3H3;7H,4-6H2,1-3H3;7H,3-5H2,1-2H3;3,5H,4,6H2,1-2H3;3H,1-2H3;6*1H4/q;;;;;;;;;;-1. The van der Waals surface area contributed by atoms with Gasteiger partial charge in [-0.2, -0.15) is 0 Å². The maximum atomic E-state index is 12.1. The predicted octanol–water partition coefficient (Wildman–Crippen LogP) is 5.04. The lowest BCUT2D eigenvalue weighted by Crippen LogP contribution is -2.34. The normalized spacial score (nSPS) is 15.5. The zero-order valence-corrected chi connectivity index (χ0v) is 44.1. The molecular formula is C53H89BBrN10O12-. The van der Waals surface area contributed by atoms with Crippen molar-refractivity contribution in [2.24, 2.45) is 11.8 Å². The second-order valence-electron chi connectivity index (χ2n) is 17.6. The van der Waals surface area contributed by atoms with E-state index in [4.69, 9.17) is 0 Å². The first-order chi connectivity index (χ1) is 33.6. The fourth-order valence-electron chi connectivity index (χ4n) is 7.91. The molecule has 0 saturated heterocycles. The molecule has 8 rings (SSSR count). The SMILES string of the molecule is C.C.C.C.C.CC1CCn2c(nc(C(=O)N(C)C)c(O)c2=O)C1.CNC.COC(=O)c1nc2n(c(=O)c1C)CCC(C)C2.COC(=O)c1nc2n(c(=O)c1C)CCC=C2.COC(=O)c1nc2n(c(=O)c1C)CCCC2Br.[BH4-]. The van der Waals surface area contributed by atoms with E-state index in [1.54, 1.807) is 54.6 Å². The lowest BCUT2D eigenvalue weighted by molar-refractivity contribution is 0.0583. The van der Waals surface area contributed by atoms with Gasteiger partial charge in [-0.1, -0.05) is 81.4 Å². The highest BCUT2D eigenvalue weighted by molar-refractivity contribution is 9.09. The maximum Gasteiger partial charge on any atom is 0.357 e. The van der Waals surface area contributed by atoms with Gasteiger partial charge in [-0.25, -0.2) is 34.3 Å². The van der Waals surface area contributed by atoms with Gasteiger partial charge in [0.1, 0.15) is 23.3 Å². The number of amides is 1. The van der Waals surface area contributed by atoms with E-state index < -0.39 is 35.1 Å². The van der Waals surface area contributed by atoms with Gasteiger partial charge in [0.05, 0.1) is 26.2 Å². The molecule has 1 amide bonds. The third-order valence-corrected chi connectivity index (χ3v) is 12.8. The highest BCUT2D eigenvalue weighted by Gasteiger charge is 2.28. The Morgan fingerprint density at radius 3 is 1.48 bits per heavy atom. The van der Waals surface area contributed by atoms with Crippen LogP contribution >= 0.6 is 15.9 Å². The van der Waals surface area contributed by atoms with E-state index in [1.807, 2.05) is 20.2 Å². The monoisotopic (exact) mass is 1150 g/mol. The van der Waals surface area contributed by atoms with Crippen LogP contribution in [0.15, 0.2) is 25.3 Å². The largest absolute Gasteiger partial charge is 0.501 e. The van der Waals surface area contributed by atoms with Gasteiger partial charge in [-0.15, -0.1) is 0 Å². The lowest BCUT2D eigenvalue weighted by atomic mass is 9.99. The fraction of sp³-hybridized carbons (Fsp3) is 0.585. The number of aromatic nitrogens is 8. The van der Waals surface area contributed by atoms with E-state index in [1.165, 1.54) is 30.8 Å². The molecule has 0 radical (unpaired) electrons. The number of allylic oxidation sites excluding steroid dienone is 1. The van der Waals surface area contributed by atoms with E-state index in [2.05, 4.69) is 69.2 Å². The molecule has 3 atom stereocenters. The minimum atomic E-state index is -0.572.